The summed E-state index contributed by atoms with van der Waals surface area (Å²) < 4.78 is 2.03. The highest BCUT2D eigenvalue weighted by molar-refractivity contribution is 5.21. The molecule has 2 rings (SSSR count). The predicted molar refractivity (Wildman–Crippen MR) is 57.0 cm³/mol. The fourth-order valence-corrected chi connectivity index (χ4v) is 2.10. The molecular weight excluding hydrogens is 174 g/mol. The largest absolute Gasteiger partial charge is 0.328 e. The Labute approximate surface area is 85.3 Å². The first-order valence-corrected chi connectivity index (χ1v) is 5.50. The first kappa shape index (κ1) is 9.71. The zero-order chi connectivity index (χ0) is 10.1. The van der Waals surface area contributed by atoms with Gasteiger partial charge in [0.15, 0.2) is 0 Å². The summed E-state index contributed by atoms with van der Waals surface area (Å²) in [5.41, 5.74) is 7.24. The predicted octanol–water partition coefficient (Wildman–Crippen LogP) is 1.74. The molecule has 1 fully saturated rings. The zero-order valence-corrected chi connectivity index (χ0v) is 8.98. The molecule has 1 aliphatic rings. The molecule has 0 spiro atoms. The van der Waals surface area contributed by atoms with Gasteiger partial charge >= 0.3 is 0 Å². The first-order valence-electron chi connectivity index (χ1n) is 5.50. The summed E-state index contributed by atoms with van der Waals surface area (Å²) in [5.74, 6) is 1.37. The highest BCUT2D eigenvalue weighted by atomic mass is 15.3. The smallest absolute Gasteiger partial charge is 0.0524 e. The van der Waals surface area contributed by atoms with Crippen LogP contribution in [0.2, 0.25) is 0 Å². The number of aromatic nitrogens is 2. The van der Waals surface area contributed by atoms with Gasteiger partial charge in [0, 0.05) is 18.8 Å². The van der Waals surface area contributed by atoms with Gasteiger partial charge in [-0.25, -0.2) is 0 Å². The third-order valence-corrected chi connectivity index (χ3v) is 3.05. The van der Waals surface area contributed by atoms with E-state index in [0.29, 0.717) is 17.9 Å². The van der Waals surface area contributed by atoms with Crippen LogP contribution in [0.1, 0.15) is 38.2 Å². The molecule has 0 aromatic carbocycles. The van der Waals surface area contributed by atoms with E-state index in [1.54, 1.807) is 0 Å². The number of aryl methyl sites for hydroxylation is 1. The van der Waals surface area contributed by atoms with Crippen molar-refractivity contribution < 1.29 is 0 Å². The summed E-state index contributed by atoms with van der Waals surface area (Å²) >= 11 is 0. The van der Waals surface area contributed by atoms with Crippen molar-refractivity contribution in [3.05, 3.63) is 18.0 Å². The minimum absolute atomic E-state index is 0.328. The number of rotatable bonds is 4. The average Bonchev–Trinajstić information content (AvgIpc) is 2.82. The molecule has 0 bridgehead atoms. The van der Waals surface area contributed by atoms with Crippen LogP contribution >= 0.6 is 0 Å². The summed E-state index contributed by atoms with van der Waals surface area (Å²) in [6, 6.07) is 0.328. The van der Waals surface area contributed by atoms with Crippen LogP contribution in [0.3, 0.4) is 0 Å². The number of nitrogens with two attached hydrogens (primary N) is 1. The van der Waals surface area contributed by atoms with Crippen molar-refractivity contribution in [3.63, 3.8) is 0 Å². The van der Waals surface area contributed by atoms with Crippen molar-refractivity contribution in [1.29, 1.82) is 0 Å². The van der Waals surface area contributed by atoms with E-state index in [9.17, 15) is 0 Å². The fourth-order valence-electron chi connectivity index (χ4n) is 2.10. The number of hydrogen-bond acceptors (Lipinski definition) is 2. The lowest BCUT2D eigenvalue weighted by atomic mass is 10.1. The second kappa shape index (κ2) is 3.73. The first-order chi connectivity index (χ1) is 6.72. The van der Waals surface area contributed by atoms with Gasteiger partial charge in [-0.2, -0.15) is 5.10 Å². The molecule has 1 aromatic heterocycles. The second-order valence-electron chi connectivity index (χ2n) is 4.40. The Balaban J connectivity index is 1.98. The maximum atomic E-state index is 5.86. The molecule has 1 aromatic rings. The van der Waals surface area contributed by atoms with E-state index in [1.165, 1.54) is 12.0 Å². The van der Waals surface area contributed by atoms with Crippen molar-refractivity contribution in [3.8, 4) is 0 Å². The van der Waals surface area contributed by atoms with E-state index in [-0.39, 0.29) is 0 Å². The summed E-state index contributed by atoms with van der Waals surface area (Å²) in [5, 5.41) is 4.34. The van der Waals surface area contributed by atoms with Gasteiger partial charge in [0.1, 0.15) is 0 Å². The monoisotopic (exact) mass is 193 g/mol. The van der Waals surface area contributed by atoms with E-state index >= 15 is 0 Å². The summed E-state index contributed by atoms with van der Waals surface area (Å²) in [6.45, 7) is 5.29. The molecule has 3 nitrogen and oxygen atoms in total. The van der Waals surface area contributed by atoms with Crippen LogP contribution in [0.5, 0.6) is 0 Å². The molecule has 0 saturated heterocycles. The zero-order valence-electron chi connectivity index (χ0n) is 8.98. The van der Waals surface area contributed by atoms with Crippen LogP contribution in [0, 0.1) is 5.92 Å². The quantitative estimate of drug-likeness (QED) is 0.791. The Morgan fingerprint density at radius 2 is 2.50 bits per heavy atom. The maximum Gasteiger partial charge on any atom is 0.0524 e. The Morgan fingerprint density at radius 1 is 1.71 bits per heavy atom. The van der Waals surface area contributed by atoms with Crippen LogP contribution in [-0.2, 0) is 6.54 Å². The molecule has 2 N–H and O–H groups in total. The van der Waals surface area contributed by atoms with E-state index in [0.717, 1.165) is 13.0 Å². The fraction of sp³-hybridized carbons (Fsp3) is 0.727. The highest BCUT2D eigenvalue weighted by Crippen LogP contribution is 2.48. The van der Waals surface area contributed by atoms with Gasteiger partial charge in [-0.1, -0.05) is 6.92 Å². The third-order valence-electron chi connectivity index (χ3n) is 3.05. The molecule has 1 aliphatic carbocycles. The number of hydrogen-bond donors (Lipinski definition) is 1. The lowest BCUT2D eigenvalue weighted by molar-refractivity contribution is 0.601. The standard InChI is InChI=1S/C11H19N3/c1-3-4-14-7-9(6-13-14)11-5-10(11)8(2)12/h6-8,10-11H,3-5,12H2,1-2H3. The molecule has 0 amide bonds. The molecule has 0 radical (unpaired) electrons. The van der Waals surface area contributed by atoms with Crippen LogP contribution in [-0.4, -0.2) is 15.8 Å². The van der Waals surface area contributed by atoms with Gasteiger partial charge in [0.2, 0.25) is 0 Å². The number of nitrogens with zero attached hydrogens (tertiary/aromatic N) is 2. The minimum Gasteiger partial charge on any atom is -0.328 e. The van der Waals surface area contributed by atoms with Crippen molar-refractivity contribution in [2.75, 3.05) is 0 Å². The van der Waals surface area contributed by atoms with Gasteiger partial charge in [0.25, 0.3) is 0 Å². The normalized spacial score (nSPS) is 27.6. The molecule has 14 heavy (non-hydrogen) atoms. The molecule has 3 unspecified atom stereocenters. The van der Waals surface area contributed by atoms with E-state index in [4.69, 9.17) is 5.73 Å². The lowest BCUT2D eigenvalue weighted by Gasteiger charge is -2.01. The Bertz CT molecular complexity index is 303. The van der Waals surface area contributed by atoms with E-state index in [2.05, 4.69) is 25.1 Å². The van der Waals surface area contributed by atoms with Gasteiger partial charge in [-0.05, 0) is 37.2 Å². The van der Waals surface area contributed by atoms with Crippen LogP contribution in [0.25, 0.3) is 0 Å². The van der Waals surface area contributed by atoms with Gasteiger partial charge < -0.3 is 5.73 Å². The SMILES string of the molecule is CCCn1cc(C2CC2C(C)N)cn1. The Kier molecular flexibility index (Phi) is 2.59. The molecule has 3 atom stereocenters. The van der Waals surface area contributed by atoms with Gasteiger partial charge in [0.05, 0.1) is 6.20 Å². The molecule has 1 saturated carbocycles. The average molecular weight is 193 g/mol. The van der Waals surface area contributed by atoms with Crippen LogP contribution in [0.15, 0.2) is 12.4 Å². The van der Waals surface area contributed by atoms with E-state index in [1.807, 2.05) is 10.9 Å². The summed E-state index contributed by atoms with van der Waals surface area (Å²) in [6.07, 6.45) is 6.57. The van der Waals surface area contributed by atoms with Gasteiger partial charge in [-0.15, -0.1) is 0 Å². The van der Waals surface area contributed by atoms with Crippen molar-refractivity contribution in [2.45, 2.75) is 45.2 Å². The highest BCUT2D eigenvalue weighted by Gasteiger charge is 2.41. The summed E-state index contributed by atoms with van der Waals surface area (Å²) in [4.78, 5) is 0. The second-order valence-corrected chi connectivity index (χ2v) is 4.40. The maximum absolute atomic E-state index is 5.86. The third kappa shape index (κ3) is 1.82. The summed E-state index contributed by atoms with van der Waals surface area (Å²) in [7, 11) is 0. The Hall–Kier alpha value is -0.830. The van der Waals surface area contributed by atoms with Crippen LogP contribution in [0.4, 0.5) is 0 Å². The molecule has 3 heteroatoms. The molecule has 78 valence electrons. The van der Waals surface area contributed by atoms with E-state index < -0.39 is 0 Å². The molecular formula is C11H19N3. The molecule has 0 aliphatic heterocycles. The van der Waals surface area contributed by atoms with Crippen molar-refractivity contribution in [2.24, 2.45) is 11.7 Å². The van der Waals surface area contributed by atoms with Gasteiger partial charge in [-0.3, -0.25) is 4.68 Å². The van der Waals surface area contributed by atoms with Crippen molar-refractivity contribution in [1.82, 2.24) is 9.78 Å². The van der Waals surface area contributed by atoms with Crippen molar-refractivity contribution >= 4 is 0 Å². The molecule has 1 heterocycles. The minimum atomic E-state index is 0.328. The Morgan fingerprint density at radius 3 is 3.07 bits per heavy atom. The van der Waals surface area contributed by atoms with Crippen LogP contribution < -0.4 is 5.73 Å². The lowest BCUT2D eigenvalue weighted by Crippen LogP contribution is -2.17. The topological polar surface area (TPSA) is 43.8 Å².